The molecule has 26 heavy (non-hydrogen) atoms. The molecular weight excluding hydrogens is 338 g/mol. The van der Waals surface area contributed by atoms with Gasteiger partial charge in [-0.05, 0) is 44.4 Å². The largest absolute Gasteiger partial charge is 0.343 e. The van der Waals surface area contributed by atoms with Crippen molar-refractivity contribution in [3.05, 3.63) is 35.4 Å². The topological polar surface area (TPSA) is 38.7 Å². The Balaban J connectivity index is 2.82. The molecule has 0 aliphatic carbocycles. The molecule has 3 nitrogen and oxygen atoms in total. The van der Waals surface area contributed by atoms with Crippen LogP contribution in [0.2, 0.25) is 0 Å². The van der Waals surface area contributed by atoms with Gasteiger partial charge in [-0.3, -0.25) is 0 Å². The molecule has 0 amide bonds. The van der Waals surface area contributed by atoms with Gasteiger partial charge in [0, 0.05) is 25.2 Å². The molecule has 1 aromatic carbocycles. The van der Waals surface area contributed by atoms with E-state index in [0.717, 1.165) is 25.3 Å². The molecule has 0 aliphatic rings. The minimum Gasteiger partial charge on any atom is -0.343 e. The fourth-order valence-electron chi connectivity index (χ4n) is 3.29. The number of rotatable bonds is 14. The first kappa shape index (κ1) is 23.0. The third kappa shape index (κ3) is 8.11. The second-order valence-electron chi connectivity index (χ2n) is 6.73. The maximum atomic E-state index is 13.5. The summed E-state index contributed by atoms with van der Waals surface area (Å²) in [4.78, 5) is 0. The van der Waals surface area contributed by atoms with Crippen molar-refractivity contribution >= 4 is 0 Å². The minimum absolute atomic E-state index is 0.292. The van der Waals surface area contributed by atoms with Crippen LogP contribution < -0.4 is 0 Å². The normalized spacial score (nSPS) is 13.2. The predicted molar refractivity (Wildman–Crippen MR) is 99.7 cm³/mol. The molecule has 0 saturated heterocycles. The van der Waals surface area contributed by atoms with Crippen LogP contribution in [0.5, 0.6) is 0 Å². The maximum absolute atomic E-state index is 13.5. The van der Waals surface area contributed by atoms with Crippen molar-refractivity contribution in [3.8, 4) is 0 Å². The second kappa shape index (κ2) is 12.4. The molecule has 5 heteroatoms. The van der Waals surface area contributed by atoms with E-state index in [9.17, 15) is 13.9 Å². The van der Waals surface area contributed by atoms with Gasteiger partial charge >= 0.3 is 0 Å². The summed E-state index contributed by atoms with van der Waals surface area (Å²) in [6.45, 7) is 6.34. The molecule has 0 aliphatic heterocycles. The third-order valence-electron chi connectivity index (χ3n) is 4.53. The second-order valence-corrected chi connectivity index (χ2v) is 6.73. The first-order valence-electron chi connectivity index (χ1n) is 9.90. The number of hydrogen-bond donors (Lipinski definition) is 1. The van der Waals surface area contributed by atoms with Crippen LogP contribution in [-0.4, -0.2) is 24.3 Å². The van der Waals surface area contributed by atoms with Crippen molar-refractivity contribution in [1.29, 1.82) is 0 Å². The lowest BCUT2D eigenvalue weighted by atomic mass is 9.91. The van der Waals surface area contributed by atoms with E-state index >= 15 is 0 Å². The summed E-state index contributed by atoms with van der Waals surface area (Å²) in [7, 11) is 0. The Morgan fingerprint density at radius 3 is 1.96 bits per heavy atom. The minimum atomic E-state index is -1.74. The highest BCUT2D eigenvalue weighted by Gasteiger charge is 2.38. The van der Waals surface area contributed by atoms with Crippen LogP contribution in [0.4, 0.5) is 8.78 Å². The summed E-state index contributed by atoms with van der Waals surface area (Å²) in [5.74, 6) is -3.37. The smallest absolute Gasteiger partial charge is 0.283 e. The Labute approximate surface area is 156 Å². The van der Waals surface area contributed by atoms with Gasteiger partial charge < -0.3 is 14.6 Å². The summed E-state index contributed by atoms with van der Waals surface area (Å²) in [6, 6.07) is 3.45. The van der Waals surface area contributed by atoms with E-state index in [1.165, 1.54) is 31.4 Å². The number of ether oxygens (including phenoxy) is 2. The van der Waals surface area contributed by atoms with Gasteiger partial charge in [0.05, 0.1) is 0 Å². The fourth-order valence-corrected chi connectivity index (χ4v) is 3.29. The van der Waals surface area contributed by atoms with Crippen LogP contribution in [0.3, 0.4) is 0 Å². The molecule has 0 fully saturated rings. The van der Waals surface area contributed by atoms with Gasteiger partial charge in [0.2, 0.25) is 0 Å². The van der Waals surface area contributed by atoms with Gasteiger partial charge in [0.15, 0.2) is 0 Å². The quantitative estimate of drug-likeness (QED) is 0.342. The summed E-state index contributed by atoms with van der Waals surface area (Å²) in [6.07, 6.45) is 7.71. The lowest BCUT2D eigenvalue weighted by Gasteiger charge is -2.35. The highest BCUT2D eigenvalue weighted by Crippen LogP contribution is 2.30. The first-order valence-corrected chi connectivity index (χ1v) is 9.90. The predicted octanol–water partition coefficient (Wildman–Crippen LogP) is 5.59. The van der Waals surface area contributed by atoms with E-state index in [0.29, 0.717) is 31.6 Å². The van der Waals surface area contributed by atoms with Crippen molar-refractivity contribution in [2.75, 3.05) is 13.2 Å². The highest BCUT2D eigenvalue weighted by molar-refractivity contribution is 5.18. The van der Waals surface area contributed by atoms with Crippen LogP contribution >= 0.6 is 0 Å². The van der Waals surface area contributed by atoms with Gasteiger partial charge in [-0.25, -0.2) is 8.78 Å². The van der Waals surface area contributed by atoms with E-state index < -0.39 is 23.5 Å². The van der Waals surface area contributed by atoms with Crippen molar-refractivity contribution in [2.45, 2.75) is 78.1 Å². The van der Waals surface area contributed by atoms with Crippen molar-refractivity contribution < 1.29 is 23.4 Å². The molecule has 150 valence electrons. The van der Waals surface area contributed by atoms with E-state index in [1.54, 1.807) is 13.8 Å². The standard InChI is InChI=1S/C21H34F2O3/c1-4-7-8-9-10-11-12-18(21(24,25-5-2)26-6-3)13-17-14-19(22)16-20(23)15-17/h14-16,18,24H,4-13H2,1-3H3. The van der Waals surface area contributed by atoms with Gasteiger partial charge in [-0.1, -0.05) is 45.4 Å². The van der Waals surface area contributed by atoms with Gasteiger partial charge in [0.1, 0.15) is 11.6 Å². The lowest BCUT2D eigenvalue weighted by molar-refractivity contribution is -0.384. The number of unbranched alkanes of at least 4 members (excludes halogenated alkanes) is 5. The average Bonchev–Trinajstić information content (AvgIpc) is 2.56. The molecular formula is C21H34F2O3. The van der Waals surface area contributed by atoms with E-state index in [2.05, 4.69) is 6.92 Å². The molecule has 1 rings (SSSR count). The summed E-state index contributed by atoms with van der Waals surface area (Å²) in [5, 5.41) is 10.9. The Hall–Kier alpha value is -1.04. The molecule has 1 N–H and O–H groups in total. The SMILES string of the molecule is CCCCCCCCC(Cc1cc(F)cc(F)c1)C(O)(OCC)OCC. The van der Waals surface area contributed by atoms with E-state index in [-0.39, 0.29) is 0 Å². The molecule has 0 bridgehead atoms. The van der Waals surface area contributed by atoms with Crippen LogP contribution in [0.15, 0.2) is 18.2 Å². The highest BCUT2D eigenvalue weighted by atomic mass is 19.1. The number of aliphatic hydroxyl groups is 1. The monoisotopic (exact) mass is 372 g/mol. The van der Waals surface area contributed by atoms with Gasteiger partial charge in [-0.2, -0.15) is 0 Å². The molecule has 1 aromatic rings. The van der Waals surface area contributed by atoms with E-state index in [1.807, 2.05) is 0 Å². The molecule has 1 atom stereocenters. The summed E-state index contributed by atoms with van der Waals surface area (Å²) < 4.78 is 38.1. The Kier molecular flexibility index (Phi) is 10.9. The van der Waals surface area contributed by atoms with Crippen molar-refractivity contribution in [1.82, 2.24) is 0 Å². The van der Waals surface area contributed by atoms with Crippen molar-refractivity contribution in [3.63, 3.8) is 0 Å². The molecule has 1 unspecified atom stereocenters. The molecule has 0 saturated carbocycles. The fraction of sp³-hybridized carbons (Fsp3) is 0.714. The van der Waals surface area contributed by atoms with Gasteiger partial charge in [-0.15, -0.1) is 0 Å². The summed E-state index contributed by atoms with van der Waals surface area (Å²) >= 11 is 0. The molecule has 0 aromatic heterocycles. The summed E-state index contributed by atoms with van der Waals surface area (Å²) in [5.41, 5.74) is 0.497. The maximum Gasteiger partial charge on any atom is 0.283 e. The number of benzene rings is 1. The van der Waals surface area contributed by atoms with Crippen LogP contribution in [-0.2, 0) is 15.9 Å². The van der Waals surface area contributed by atoms with E-state index in [4.69, 9.17) is 9.47 Å². The number of hydrogen-bond acceptors (Lipinski definition) is 3. The Bertz CT molecular complexity index is 482. The Morgan fingerprint density at radius 1 is 0.885 bits per heavy atom. The molecule has 0 spiro atoms. The molecule has 0 heterocycles. The van der Waals surface area contributed by atoms with Crippen molar-refractivity contribution in [2.24, 2.45) is 5.92 Å². The third-order valence-corrected chi connectivity index (χ3v) is 4.53. The Morgan fingerprint density at radius 2 is 1.42 bits per heavy atom. The van der Waals surface area contributed by atoms with Crippen LogP contribution in [0, 0.1) is 17.6 Å². The molecule has 0 radical (unpaired) electrons. The zero-order chi connectivity index (χ0) is 19.4. The first-order chi connectivity index (χ1) is 12.4. The van der Waals surface area contributed by atoms with Crippen LogP contribution in [0.1, 0.15) is 71.3 Å². The van der Waals surface area contributed by atoms with Crippen LogP contribution in [0.25, 0.3) is 0 Å². The lowest BCUT2D eigenvalue weighted by Crippen LogP contribution is -2.45. The number of halogens is 2. The zero-order valence-corrected chi connectivity index (χ0v) is 16.4. The van der Waals surface area contributed by atoms with Gasteiger partial charge in [0.25, 0.3) is 5.97 Å². The average molecular weight is 372 g/mol. The zero-order valence-electron chi connectivity index (χ0n) is 16.4.